The second-order valence-electron chi connectivity index (χ2n) is 11.0. The average molecular weight is 678 g/mol. The first-order chi connectivity index (χ1) is 19.9. The normalized spacial score (nSPS) is 26.6. The minimum Gasteiger partial charge on any atom is -0.337 e. The number of alkyl halides is 7. The highest BCUT2D eigenvalue weighted by Crippen LogP contribution is 2.57. The smallest absolute Gasteiger partial charge is 0.337 e. The number of carbonyl (C=O) groups is 1. The van der Waals surface area contributed by atoms with Gasteiger partial charge in [0.2, 0.25) is 5.91 Å². The highest BCUT2D eigenvalue weighted by molar-refractivity contribution is 7.92. The van der Waals surface area contributed by atoms with Crippen molar-refractivity contribution in [3.63, 3.8) is 0 Å². The molecule has 0 aromatic heterocycles. The van der Waals surface area contributed by atoms with Crippen molar-refractivity contribution < 1.29 is 52.5 Å². The van der Waals surface area contributed by atoms with Crippen LogP contribution in [0.4, 0.5) is 35.1 Å². The minimum atomic E-state index is -6.37. The largest absolute Gasteiger partial charge is 0.435 e. The van der Waals surface area contributed by atoms with Gasteiger partial charge in [-0.25, -0.2) is 17.2 Å². The maximum Gasteiger partial charge on any atom is 0.435 e. The number of nitrogens with zero attached hydrogens (tertiary/aromatic N) is 1. The minimum absolute atomic E-state index is 0.114. The number of amides is 1. The Kier molecular flexibility index (Phi) is 7.98. The van der Waals surface area contributed by atoms with E-state index < -0.39 is 82.6 Å². The number of likely N-dealkylation sites (tertiary alicyclic amines) is 1. The Morgan fingerprint density at radius 2 is 1.58 bits per heavy atom. The predicted molar refractivity (Wildman–Crippen MR) is 141 cm³/mol. The molecule has 0 bridgehead atoms. The molecule has 2 aromatic carbocycles. The van der Waals surface area contributed by atoms with Crippen LogP contribution in [0.2, 0.25) is 5.02 Å². The summed E-state index contributed by atoms with van der Waals surface area (Å²) in [6.45, 7) is -0.114. The van der Waals surface area contributed by atoms with Gasteiger partial charge in [-0.15, -0.1) is 0 Å². The van der Waals surface area contributed by atoms with Crippen LogP contribution in [0.15, 0.2) is 41.3 Å². The molecule has 3 aliphatic rings. The number of hydrogen-bond acceptors (Lipinski definition) is 4. The molecule has 1 amide bonds. The predicted octanol–water partition coefficient (Wildman–Crippen LogP) is 6.14. The lowest BCUT2D eigenvalue weighted by Gasteiger charge is -2.43. The van der Waals surface area contributed by atoms with Crippen molar-refractivity contribution in [1.82, 2.24) is 4.90 Å². The molecule has 5 nitrogen and oxygen atoms in total. The zero-order valence-electron chi connectivity index (χ0n) is 22.1. The third-order valence-electron chi connectivity index (χ3n) is 8.77. The summed E-state index contributed by atoms with van der Waals surface area (Å²) in [7, 11) is -5.75. The first-order valence-corrected chi connectivity index (χ1v) is 16.5. The van der Waals surface area contributed by atoms with Gasteiger partial charge < -0.3 is 4.90 Å². The fourth-order valence-corrected chi connectivity index (χ4v) is 10.6. The molecule has 0 radical (unpaired) electrons. The second-order valence-corrected chi connectivity index (χ2v) is 15.3. The summed E-state index contributed by atoms with van der Waals surface area (Å²) in [6.07, 6.45) is -12.8. The van der Waals surface area contributed by atoms with Gasteiger partial charge in [-0.3, -0.25) is 9.00 Å². The van der Waals surface area contributed by atoms with Crippen molar-refractivity contribution in [1.29, 1.82) is 0 Å². The molecule has 1 aliphatic carbocycles. The Bertz CT molecular complexity index is 1570. The van der Waals surface area contributed by atoms with E-state index in [0.29, 0.717) is 18.9 Å². The molecule has 2 unspecified atom stereocenters. The second kappa shape index (κ2) is 10.7. The van der Waals surface area contributed by atoms with Crippen molar-refractivity contribution in [3.05, 3.63) is 63.9 Å². The first kappa shape index (κ1) is 32.1. The van der Waals surface area contributed by atoms with E-state index in [2.05, 4.69) is 0 Å². The van der Waals surface area contributed by atoms with Crippen molar-refractivity contribution in [3.8, 4) is 0 Å². The fourth-order valence-electron chi connectivity index (χ4n) is 6.62. The van der Waals surface area contributed by atoms with Gasteiger partial charge in [0, 0.05) is 40.3 Å². The van der Waals surface area contributed by atoms with Gasteiger partial charge >= 0.3 is 18.0 Å². The molecule has 2 heterocycles. The van der Waals surface area contributed by atoms with E-state index >= 15 is 0 Å². The summed E-state index contributed by atoms with van der Waals surface area (Å²) in [4.78, 5) is 14.5. The van der Waals surface area contributed by atoms with Crippen LogP contribution in [-0.2, 0) is 42.3 Å². The van der Waals surface area contributed by atoms with Crippen molar-refractivity contribution >= 4 is 38.1 Å². The van der Waals surface area contributed by atoms with Crippen LogP contribution in [0.25, 0.3) is 0 Å². The Balaban J connectivity index is 1.68. The molecule has 2 saturated heterocycles. The number of halogens is 9. The number of rotatable bonds is 4. The molecule has 43 heavy (non-hydrogen) atoms. The zero-order valence-corrected chi connectivity index (χ0v) is 24.5. The molecule has 5 rings (SSSR count). The number of carbonyl (C=O) groups excluding carboxylic acids is 1. The molecule has 2 aliphatic heterocycles. The molecule has 0 N–H and O–H groups in total. The van der Waals surface area contributed by atoms with E-state index in [1.165, 1.54) is 4.90 Å². The number of hydrogen-bond donors (Lipinski definition) is 0. The summed E-state index contributed by atoms with van der Waals surface area (Å²) < 4.78 is 149. The van der Waals surface area contributed by atoms with Crippen LogP contribution in [0.3, 0.4) is 0 Å². The number of aryl methyl sites for hydroxylation is 1. The molecular weight excluding hydrogens is 654 g/mol. The van der Waals surface area contributed by atoms with Gasteiger partial charge in [0.05, 0.1) is 16.0 Å². The quantitative estimate of drug-likeness (QED) is 0.288. The average Bonchev–Trinajstić information content (AvgIpc) is 3.34. The van der Waals surface area contributed by atoms with E-state index in [1.807, 2.05) is 0 Å². The van der Waals surface area contributed by atoms with Gasteiger partial charge in [0.1, 0.15) is 10.6 Å². The Hall–Kier alpha value is -2.26. The van der Waals surface area contributed by atoms with Crippen LogP contribution in [-0.4, -0.2) is 59.9 Å². The van der Waals surface area contributed by atoms with E-state index in [0.717, 1.165) is 24.3 Å². The third kappa shape index (κ3) is 4.88. The van der Waals surface area contributed by atoms with E-state index in [-0.39, 0.29) is 54.5 Å². The molecule has 0 saturated carbocycles. The molecule has 2 fully saturated rings. The molecule has 0 spiro atoms. The molecular formula is C27H24ClF8NO4S2. The van der Waals surface area contributed by atoms with Crippen LogP contribution < -0.4 is 0 Å². The lowest BCUT2D eigenvalue weighted by Crippen LogP contribution is -2.54. The van der Waals surface area contributed by atoms with E-state index in [1.54, 1.807) is 0 Å². The third-order valence-corrected chi connectivity index (χ3v) is 13.0. The summed E-state index contributed by atoms with van der Waals surface area (Å²) in [5.74, 6) is -1.32. The highest BCUT2D eigenvalue weighted by Gasteiger charge is 2.74. The first-order valence-electron chi connectivity index (χ1n) is 13.2. The maximum absolute atomic E-state index is 15.0. The summed E-state index contributed by atoms with van der Waals surface area (Å²) in [5.41, 5.74) is -7.88. The highest BCUT2D eigenvalue weighted by atomic mass is 35.5. The molecule has 2 aromatic rings. The van der Waals surface area contributed by atoms with Crippen LogP contribution in [0.1, 0.15) is 42.4 Å². The standard InChI is InChI=1S/C27H24ClF8NO4S2/c28-20-14-18(3-5-21(20)29)43(40,41)24-9-10-37(23(38)15-7-11-42(39)12-8-15)22(24)6-1-16-13-17(2-4-19(16)24)25(30,26(31,32)33)27(34,35)36/h2-5,13-15,22H,1,6-12H2. The SMILES string of the molecule is O=C(C1CCS(=O)CC1)N1CCC2(S(=O)(=O)c3ccc(F)c(Cl)c3)c3ccc(C(F)(C(F)(F)F)C(F)(F)F)cc3CCC12. The van der Waals surface area contributed by atoms with Crippen LogP contribution in [0.5, 0.6) is 0 Å². The van der Waals surface area contributed by atoms with Gasteiger partial charge in [0.15, 0.2) is 9.84 Å². The maximum atomic E-state index is 15.0. The lowest BCUT2D eigenvalue weighted by atomic mass is 9.76. The topological polar surface area (TPSA) is 71.5 Å². The molecule has 236 valence electrons. The van der Waals surface area contributed by atoms with Gasteiger partial charge in [-0.1, -0.05) is 29.8 Å². The molecule has 16 heteroatoms. The van der Waals surface area contributed by atoms with E-state index in [9.17, 15) is 52.5 Å². The summed E-state index contributed by atoms with van der Waals surface area (Å²) in [6, 6.07) is 2.91. The number of fused-ring (bicyclic) bond motifs is 3. The van der Waals surface area contributed by atoms with Gasteiger partial charge in [0.25, 0.3) is 0 Å². The van der Waals surface area contributed by atoms with Crippen LogP contribution in [0, 0.1) is 11.7 Å². The number of sulfone groups is 1. The zero-order chi connectivity index (χ0) is 31.8. The Morgan fingerprint density at radius 3 is 2.16 bits per heavy atom. The molecule has 2 atom stereocenters. The van der Waals surface area contributed by atoms with E-state index in [4.69, 9.17) is 11.6 Å². The van der Waals surface area contributed by atoms with Crippen molar-refractivity contribution in [2.45, 2.75) is 65.8 Å². The van der Waals surface area contributed by atoms with Gasteiger partial charge in [-0.05, 0) is 61.4 Å². The Labute approximate surface area is 248 Å². The van der Waals surface area contributed by atoms with Crippen molar-refractivity contribution in [2.75, 3.05) is 18.1 Å². The fraction of sp³-hybridized carbons (Fsp3) is 0.519. The number of benzene rings is 2. The van der Waals surface area contributed by atoms with Gasteiger partial charge in [-0.2, -0.15) is 26.3 Å². The lowest BCUT2D eigenvalue weighted by molar-refractivity contribution is -0.348. The Morgan fingerprint density at radius 1 is 0.953 bits per heavy atom. The monoisotopic (exact) mass is 677 g/mol. The summed E-state index contributed by atoms with van der Waals surface area (Å²) in [5, 5.41) is -0.542. The summed E-state index contributed by atoms with van der Waals surface area (Å²) >= 11 is 5.86. The van der Waals surface area contributed by atoms with Crippen LogP contribution >= 0.6 is 11.6 Å². The van der Waals surface area contributed by atoms with Crippen molar-refractivity contribution in [2.24, 2.45) is 5.92 Å².